The predicted octanol–water partition coefficient (Wildman–Crippen LogP) is 5.50. The zero-order valence-electron chi connectivity index (χ0n) is 20.3. The molecule has 0 bridgehead atoms. The van der Waals surface area contributed by atoms with Gasteiger partial charge in [0.25, 0.3) is 0 Å². The lowest BCUT2D eigenvalue weighted by Gasteiger charge is -2.57. The maximum absolute atomic E-state index is 11.5. The van der Waals surface area contributed by atoms with E-state index in [1.54, 1.807) is 5.57 Å². The SMILES string of the molecule is CCCCNC(=S)NN=C1CC[C@H]2[C@@H]3CC=C4C[C@@H](OC(C)=O)CC[C@]4(C)[C@H]3CC[C@]12C. The number of fused-ring (bicyclic) bond motifs is 5. The largest absolute Gasteiger partial charge is 0.462 e. The second-order valence-corrected chi connectivity index (χ2v) is 11.4. The van der Waals surface area contributed by atoms with Crippen LogP contribution in [0, 0.1) is 28.6 Å². The minimum absolute atomic E-state index is 0.0725. The number of carbonyl (C=O) groups is 1. The number of nitrogens with one attached hydrogen (secondary N) is 2. The summed E-state index contributed by atoms with van der Waals surface area (Å²) >= 11 is 5.42. The number of unbranched alkanes of at least 4 members (excludes halogenated alkanes) is 1. The number of hydrazone groups is 1. The maximum atomic E-state index is 11.5. The molecule has 0 aromatic heterocycles. The Balaban J connectivity index is 1.45. The molecule has 4 aliphatic carbocycles. The first kappa shape index (κ1) is 23.7. The van der Waals surface area contributed by atoms with Crippen LogP contribution in [0.4, 0.5) is 0 Å². The molecule has 4 aliphatic rings. The van der Waals surface area contributed by atoms with Crippen molar-refractivity contribution in [2.24, 2.45) is 33.7 Å². The van der Waals surface area contributed by atoms with Gasteiger partial charge in [0.15, 0.2) is 5.11 Å². The number of carbonyl (C=O) groups excluding carboxylic acids is 1. The van der Waals surface area contributed by atoms with Crippen LogP contribution in [-0.2, 0) is 9.53 Å². The van der Waals surface area contributed by atoms with Crippen LogP contribution >= 0.6 is 12.2 Å². The van der Waals surface area contributed by atoms with Crippen LogP contribution in [0.5, 0.6) is 0 Å². The minimum atomic E-state index is -0.146. The Bertz CT molecular complexity index is 809. The van der Waals surface area contributed by atoms with Crippen molar-refractivity contribution in [3.63, 3.8) is 0 Å². The van der Waals surface area contributed by atoms with Gasteiger partial charge in [0.05, 0.1) is 0 Å². The first-order valence-electron chi connectivity index (χ1n) is 12.8. The monoisotopic (exact) mass is 459 g/mol. The molecule has 5 nitrogen and oxygen atoms in total. The van der Waals surface area contributed by atoms with Crippen LogP contribution < -0.4 is 10.7 Å². The summed E-state index contributed by atoms with van der Waals surface area (Å²) in [6.45, 7) is 9.57. The van der Waals surface area contributed by atoms with E-state index in [-0.39, 0.29) is 22.9 Å². The van der Waals surface area contributed by atoms with Crippen LogP contribution in [0.1, 0.15) is 91.9 Å². The van der Waals surface area contributed by atoms with Crippen LogP contribution in [0.25, 0.3) is 0 Å². The topological polar surface area (TPSA) is 62.7 Å². The highest BCUT2D eigenvalue weighted by atomic mass is 32.1. The fourth-order valence-corrected chi connectivity index (χ4v) is 7.62. The molecule has 178 valence electrons. The van der Waals surface area contributed by atoms with Gasteiger partial charge in [-0.05, 0) is 86.8 Å². The highest BCUT2D eigenvalue weighted by Crippen LogP contribution is 2.64. The highest BCUT2D eigenvalue weighted by molar-refractivity contribution is 7.80. The summed E-state index contributed by atoms with van der Waals surface area (Å²) < 4.78 is 5.58. The number of thiocarbonyl (C=S) groups is 1. The molecule has 0 aromatic rings. The van der Waals surface area contributed by atoms with Gasteiger partial charge >= 0.3 is 5.97 Å². The fraction of sp³-hybridized carbons (Fsp3) is 0.808. The highest BCUT2D eigenvalue weighted by Gasteiger charge is 2.58. The third-order valence-electron chi connectivity index (χ3n) is 9.24. The number of hydrogen-bond acceptors (Lipinski definition) is 4. The van der Waals surface area contributed by atoms with Crippen LogP contribution in [0.2, 0.25) is 0 Å². The third kappa shape index (κ3) is 4.36. The van der Waals surface area contributed by atoms with Gasteiger partial charge in [-0.1, -0.05) is 38.8 Å². The average molecular weight is 460 g/mol. The predicted molar refractivity (Wildman–Crippen MR) is 133 cm³/mol. The number of rotatable bonds is 5. The van der Waals surface area contributed by atoms with Gasteiger partial charge < -0.3 is 10.1 Å². The zero-order chi connectivity index (χ0) is 22.9. The Hall–Kier alpha value is -1.43. The summed E-state index contributed by atoms with van der Waals surface area (Å²) in [6, 6.07) is 0. The van der Waals surface area contributed by atoms with E-state index in [1.807, 2.05) is 0 Å². The van der Waals surface area contributed by atoms with Crippen molar-refractivity contribution in [3.05, 3.63) is 11.6 Å². The van der Waals surface area contributed by atoms with E-state index >= 15 is 0 Å². The molecular formula is C26H41N3O2S. The Morgan fingerprint density at radius 1 is 1.22 bits per heavy atom. The summed E-state index contributed by atoms with van der Waals surface area (Å²) in [6.07, 6.45) is 13.9. The molecule has 0 saturated heterocycles. The fourth-order valence-electron chi connectivity index (χ4n) is 7.47. The van der Waals surface area contributed by atoms with Crippen molar-refractivity contribution in [2.75, 3.05) is 6.54 Å². The van der Waals surface area contributed by atoms with E-state index in [4.69, 9.17) is 22.1 Å². The van der Waals surface area contributed by atoms with Crippen molar-refractivity contribution >= 4 is 29.0 Å². The second-order valence-electron chi connectivity index (χ2n) is 11.0. The van der Waals surface area contributed by atoms with Gasteiger partial charge in [0, 0.05) is 31.0 Å². The normalized spacial score (nSPS) is 39.4. The van der Waals surface area contributed by atoms with Gasteiger partial charge in [-0.25, -0.2) is 0 Å². The van der Waals surface area contributed by atoms with Gasteiger partial charge in [-0.3, -0.25) is 10.2 Å². The maximum Gasteiger partial charge on any atom is 0.302 e. The third-order valence-corrected chi connectivity index (χ3v) is 9.48. The molecule has 0 aromatic carbocycles. The molecule has 0 heterocycles. The first-order chi connectivity index (χ1) is 15.3. The van der Waals surface area contributed by atoms with Crippen LogP contribution in [0.3, 0.4) is 0 Å². The van der Waals surface area contributed by atoms with Crippen LogP contribution in [0.15, 0.2) is 16.8 Å². The molecule has 6 heteroatoms. The Kier molecular flexibility index (Phi) is 7.00. The summed E-state index contributed by atoms with van der Waals surface area (Å²) in [5, 5.41) is 8.74. The Morgan fingerprint density at radius 3 is 2.72 bits per heavy atom. The summed E-state index contributed by atoms with van der Waals surface area (Å²) in [4.78, 5) is 11.5. The molecule has 0 spiro atoms. The van der Waals surface area contributed by atoms with E-state index in [1.165, 1.54) is 38.3 Å². The molecule has 6 atom stereocenters. The van der Waals surface area contributed by atoms with Gasteiger partial charge in [-0.2, -0.15) is 5.10 Å². The minimum Gasteiger partial charge on any atom is -0.462 e. The van der Waals surface area contributed by atoms with Gasteiger partial charge in [-0.15, -0.1) is 0 Å². The lowest BCUT2D eigenvalue weighted by atomic mass is 9.48. The lowest BCUT2D eigenvalue weighted by Crippen LogP contribution is -2.51. The first-order valence-corrected chi connectivity index (χ1v) is 13.2. The van der Waals surface area contributed by atoms with Crippen molar-refractivity contribution in [3.8, 4) is 0 Å². The molecule has 0 amide bonds. The molecule has 0 aliphatic heterocycles. The number of esters is 1. The van der Waals surface area contributed by atoms with E-state index in [0.717, 1.165) is 56.9 Å². The van der Waals surface area contributed by atoms with Crippen molar-refractivity contribution in [2.45, 2.75) is 98.0 Å². The van der Waals surface area contributed by atoms with Crippen LogP contribution in [-0.4, -0.2) is 29.4 Å². The standard InChI is InChI=1S/C26H41N3O2S/c1-5-6-15-27-24(32)29-28-23-10-9-21-20-8-7-18-16-19(31-17(2)30)11-13-25(18,3)22(20)12-14-26(21,23)4/h7,19-22H,5-6,8-16H2,1-4H3,(H2,27,29,32)/t19-,20-,21-,22-,25-,26-/m0/s1. The number of ether oxygens (including phenoxy) is 1. The van der Waals surface area contributed by atoms with Gasteiger partial charge in [0.2, 0.25) is 0 Å². The molecule has 32 heavy (non-hydrogen) atoms. The Morgan fingerprint density at radius 2 is 1.97 bits per heavy atom. The van der Waals surface area contributed by atoms with E-state index in [9.17, 15) is 4.79 Å². The molecule has 0 radical (unpaired) electrons. The van der Waals surface area contributed by atoms with Crippen molar-refractivity contribution in [1.29, 1.82) is 0 Å². The molecule has 2 N–H and O–H groups in total. The van der Waals surface area contributed by atoms with Crippen molar-refractivity contribution < 1.29 is 9.53 Å². The number of nitrogens with zero attached hydrogens (tertiary/aromatic N) is 1. The summed E-state index contributed by atoms with van der Waals surface area (Å²) in [5.74, 6) is 2.02. The smallest absolute Gasteiger partial charge is 0.302 e. The molecule has 3 fully saturated rings. The summed E-state index contributed by atoms with van der Waals surface area (Å²) in [7, 11) is 0. The van der Waals surface area contributed by atoms with E-state index in [2.05, 4.69) is 37.6 Å². The average Bonchev–Trinajstić information content (AvgIpc) is 3.08. The molecule has 3 saturated carbocycles. The number of hydrogen-bond donors (Lipinski definition) is 2. The van der Waals surface area contributed by atoms with Crippen molar-refractivity contribution in [1.82, 2.24) is 10.7 Å². The quantitative estimate of drug-likeness (QED) is 0.187. The second kappa shape index (κ2) is 9.44. The number of allylic oxidation sites excluding steroid dienone is 1. The zero-order valence-corrected chi connectivity index (χ0v) is 21.2. The molecule has 0 unspecified atom stereocenters. The van der Waals surface area contributed by atoms with Gasteiger partial charge in [0.1, 0.15) is 6.10 Å². The van der Waals surface area contributed by atoms with E-state index in [0.29, 0.717) is 11.0 Å². The summed E-state index contributed by atoms with van der Waals surface area (Å²) in [5.41, 5.74) is 6.47. The molecular weight excluding hydrogens is 418 g/mol. The Labute approximate surface area is 199 Å². The molecule has 4 rings (SSSR count). The lowest BCUT2D eigenvalue weighted by molar-refractivity contribution is -0.148. The van der Waals surface area contributed by atoms with E-state index < -0.39 is 0 Å².